The largest absolute Gasteiger partial charge is 0.325 e. The Bertz CT molecular complexity index is 601. The van der Waals surface area contributed by atoms with E-state index in [0.717, 1.165) is 23.4 Å². The first-order valence-electron chi connectivity index (χ1n) is 10.1. The van der Waals surface area contributed by atoms with Crippen LogP contribution in [-0.2, 0) is 4.79 Å². The van der Waals surface area contributed by atoms with Crippen molar-refractivity contribution in [2.45, 2.75) is 71.4 Å². The summed E-state index contributed by atoms with van der Waals surface area (Å²) in [6.07, 6.45) is 8.53. The molecule has 3 heteroatoms. The number of rotatable bonds is 5. The van der Waals surface area contributed by atoms with Crippen molar-refractivity contribution in [3.05, 3.63) is 29.8 Å². The number of aryl methyl sites for hydroxylation is 1. The van der Waals surface area contributed by atoms with E-state index < -0.39 is 0 Å². The van der Waals surface area contributed by atoms with E-state index in [4.69, 9.17) is 0 Å². The maximum absolute atomic E-state index is 12.6. The van der Waals surface area contributed by atoms with Gasteiger partial charge >= 0.3 is 0 Å². The van der Waals surface area contributed by atoms with Crippen molar-refractivity contribution in [3.8, 4) is 0 Å². The minimum Gasteiger partial charge on any atom is -0.325 e. The number of hydrogen-bond acceptors (Lipinski definition) is 2. The Morgan fingerprint density at radius 3 is 2.04 bits per heavy atom. The molecule has 0 aliphatic heterocycles. The second-order valence-corrected chi connectivity index (χ2v) is 9.25. The zero-order valence-electron chi connectivity index (χ0n) is 15.8. The van der Waals surface area contributed by atoms with Crippen molar-refractivity contribution in [1.82, 2.24) is 5.32 Å². The van der Waals surface area contributed by atoms with E-state index in [0.29, 0.717) is 11.5 Å². The minimum atomic E-state index is -0.163. The van der Waals surface area contributed by atoms with Crippen molar-refractivity contribution in [1.29, 1.82) is 0 Å². The highest BCUT2D eigenvalue weighted by Crippen LogP contribution is 2.61. The van der Waals surface area contributed by atoms with Gasteiger partial charge in [-0.3, -0.25) is 4.79 Å². The van der Waals surface area contributed by atoms with Crippen LogP contribution in [0.1, 0.15) is 57.9 Å². The van der Waals surface area contributed by atoms with Gasteiger partial charge in [0, 0.05) is 11.7 Å². The fourth-order valence-electron chi connectivity index (χ4n) is 6.22. The van der Waals surface area contributed by atoms with Crippen LogP contribution >= 0.6 is 0 Å². The lowest BCUT2D eigenvalue weighted by Crippen LogP contribution is -2.57. The molecule has 4 saturated carbocycles. The summed E-state index contributed by atoms with van der Waals surface area (Å²) in [5.41, 5.74) is 2.53. The van der Waals surface area contributed by atoms with Crippen molar-refractivity contribution < 1.29 is 4.79 Å². The van der Waals surface area contributed by atoms with Crippen LogP contribution in [0.5, 0.6) is 0 Å². The third kappa shape index (κ3) is 3.36. The molecule has 3 nitrogen and oxygen atoms in total. The molecule has 0 spiro atoms. The van der Waals surface area contributed by atoms with Gasteiger partial charge in [0.25, 0.3) is 0 Å². The van der Waals surface area contributed by atoms with Gasteiger partial charge in [-0.15, -0.1) is 0 Å². The fourth-order valence-corrected chi connectivity index (χ4v) is 6.22. The molecule has 0 aromatic heterocycles. The molecule has 1 aromatic carbocycles. The highest BCUT2D eigenvalue weighted by Gasteiger charge is 2.53. The summed E-state index contributed by atoms with van der Waals surface area (Å²) in [6.45, 7) is 6.38. The van der Waals surface area contributed by atoms with Crippen LogP contribution in [0.3, 0.4) is 0 Å². The van der Waals surface area contributed by atoms with Gasteiger partial charge in [-0.25, -0.2) is 0 Å². The standard InChI is InChI=1S/C22H32N2O/c1-14-4-6-20(7-5-14)24-21(25)15(2)23-16(3)22-11-17-8-18(12-22)10-19(9-17)13-22/h4-7,15-19,23H,8-13H2,1-3H3,(H,24,25)/t15-,16-,17?,18?,19?,22?/m0/s1. The summed E-state index contributed by atoms with van der Waals surface area (Å²) < 4.78 is 0. The van der Waals surface area contributed by atoms with Gasteiger partial charge in [0.1, 0.15) is 0 Å². The zero-order valence-corrected chi connectivity index (χ0v) is 15.8. The summed E-state index contributed by atoms with van der Waals surface area (Å²) in [6, 6.07) is 8.27. The summed E-state index contributed by atoms with van der Waals surface area (Å²) in [5.74, 6) is 2.92. The Balaban J connectivity index is 1.37. The molecule has 4 aliphatic carbocycles. The van der Waals surface area contributed by atoms with Gasteiger partial charge in [-0.2, -0.15) is 0 Å². The number of carbonyl (C=O) groups is 1. The Kier molecular flexibility index (Phi) is 4.39. The Labute approximate surface area is 152 Å². The molecule has 136 valence electrons. The number of anilines is 1. The van der Waals surface area contributed by atoms with Crippen LogP contribution in [0, 0.1) is 30.1 Å². The smallest absolute Gasteiger partial charge is 0.241 e. The van der Waals surface area contributed by atoms with Crippen molar-refractivity contribution in [2.75, 3.05) is 5.32 Å². The number of benzene rings is 1. The average molecular weight is 341 g/mol. The Morgan fingerprint density at radius 2 is 1.52 bits per heavy atom. The molecular formula is C22H32N2O. The average Bonchev–Trinajstić information content (AvgIpc) is 2.55. The topological polar surface area (TPSA) is 41.1 Å². The molecule has 0 heterocycles. The molecule has 25 heavy (non-hydrogen) atoms. The summed E-state index contributed by atoms with van der Waals surface area (Å²) in [5, 5.41) is 6.70. The van der Waals surface area contributed by atoms with Crippen LogP contribution in [0.25, 0.3) is 0 Å². The molecule has 4 fully saturated rings. The van der Waals surface area contributed by atoms with E-state index in [2.05, 4.69) is 24.5 Å². The van der Waals surface area contributed by atoms with E-state index >= 15 is 0 Å². The van der Waals surface area contributed by atoms with Crippen LogP contribution in [0.15, 0.2) is 24.3 Å². The van der Waals surface area contributed by atoms with E-state index in [9.17, 15) is 4.79 Å². The number of hydrogen-bond donors (Lipinski definition) is 2. The summed E-state index contributed by atoms with van der Waals surface area (Å²) in [7, 11) is 0. The molecule has 1 aromatic rings. The van der Waals surface area contributed by atoms with Crippen molar-refractivity contribution in [3.63, 3.8) is 0 Å². The molecule has 0 saturated heterocycles. The molecular weight excluding hydrogens is 308 g/mol. The SMILES string of the molecule is Cc1ccc(NC(=O)[C@H](C)N[C@@H](C)C23CC4CC(CC(C4)C2)C3)cc1. The Morgan fingerprint density at radius 1 is 1.00 bits per heavy atom. The number of nitrogens with one attached hydrogen (secondary N) is 2. The van der Waals surface area contributed by atoms with Crippen molar-refractivity contribution in [2.24, 2.45) is 23.2 Å². The van der Waals surface area contributed by atoms with E-state index in [1.165, 1.54) is 44.1 Å². The lowest BCUT2D eigenvalue weighted by atomic mass is 9.48. The van der Waals surface area contributed by atoms with E-state index in [-0.39, 0.29) is 11.9 Å². The van der Waals surface area contributed by atoms with Gasteiger partial charge in [0.05, 0.1) is 6.04 Å². The van der Waals surface area contributed by atoms with Gasteiger partial charge in [0.15, 0.2) is 0 Å². The third-order valence-electron chi connectivity index (χ3n) is 7.22. The van der Waals surface area contributed by atoms with Gasteiger partial charge < -0.3 is 10.6 Å². The second-order valence-electron chi connectivity index (χ2n) is 9.25. The first-order chi connectivity index (χ1) is 11.9. The number of carbonyl (C=O) groups excluding carboxylic acids is 1. The van der Waals surface area contributed by atoms with Gasteiger partial charge in [0.2, 0.25) is 5.91 Å². The Hall–Kier alpha value is -1.35. The molecule has 5 rings (SSSR count). The van der Waals surface area contributed by atoms with Crippen LogP contribution in [0.2, 0.25) is 0 Å². The highest BCUT2D eigenvalue weighted by molar-refractivity contribution is 5.94. The van der Waals surface area contributed by atoms with Crippen LogP contribution in [0.4, 0.5) is 5.69 Å². The minimum absolute atomic E-state index is 0.0698. The number of amides is 1. The first-order valence-corrected chi connectivity index (χ1v) is 10.1. The first kappa shape index (κ1) is 17.1. The van der Waals surface area contributed by atoms with Crippen molar-refractivity contribution >= 4 is 11.6 Å². The van der Waals surface area contributed by atoms with Crippen LogP contribution in [-0.4, -0.2) is 18.0 Å². The highest BCUT2D eigenvalue weighted by atomic mass is 16.2. The molecule has 1 amide bonds. The maximum Gasteiger partial charge on any atom is 0.241 e. The fraction of sp³-hybridized carbons (Fsp3) is 0.682. The predicted octanol–water partition coefficient (Wildman–Crippen LogP) is 4.52. The monoisotopic (exact) mass is 340 g/mol. The normalized spacial score (nSPS) is 35.4. The van der Waals surface area contributed by atoms with Gasteiger partial charge in [-0.1, -0.05) is 17.7 Å². The summed E-state index contributed by atoms with van der Waals surface area (Å²) in [4.78, 5) is 12.6. The molecule has 2 N–H and O–H groups in total. The lowest BCUT2D eigenvalue weighted by molar-refractivity contribution is -0.119. The van der Waals surface area contributed by atoms with Gasteiger partial charge in [-0.05, 0) is 94.6 Å². The predicted molar refractivity (Wildman–Crippen MR) is 102 cm³/mol. The maximum atomic E-state index is 12.6. The van der Waals surface area contributed by atoms with E-state index in [1.54, 1.807) is 0 Å². The van der Waals surface area contributed by atoms with E-state index in [1.807, 2.05) is 31.2 Å². The molecule has 4 bridgehead atoms. The lowest BCUT2D eigenvalue weighted by Gasteiger charge is -2.59. The zero-order chi connectivity index (χ0) is 17.6. The second kappa shape index (κ2) is 6.42. The molecule has 4 aliphatic rings. The van der Waals surface area contributed by atoms with Crippen LogP contribution < -0.4 is 10.6 Å². The molecule has 0 unspecified atom stereocenters. The quantitative estimate of drug-likeness (QED) is 0.827. The molecule has 2 atom stereocenters. The third-order valence-corrected chi connectivity index (χ3v) is 7.22. The summed E-state index contributed by atoms with van der Waals surface area (Å²) >= 11 is 0. The molecule has 0 radical (unpaired) electrons.